The third-order valence-electron chi connectivity index (χ3n) is 14.0. The van der Waals surface area contributed by atoms with E-state index in [1.165, 1.54) is 212 Å². The number of allylic oxidation sites excluding steroid dienone is 6. The molecule has 0 bridgehead atoms. The maximum atomic E-state index is 13.3. The summed E-state index contributed by atoms with van der Waals surface area (Å²) in [5.41, 5.74) is 0. The van der Waals surface area contributed by atoms with Gasteiger partial charge in [-0.15, -0.1) is 0 Å². The molecule has 3 atom stereocenters. The van der Waals surface area contributed by atoms with Crippen molar-refractivity contribution in [2.24, 2.45) is 0 Å². The largest absolute Gasteiger partial charge is 0.462 e. The maximum Gasteiger partial charge on any atom is 0.306 e. The second-order valence-electron chi connectivity index (χ2n) is 20.8. The Morgan fingerprint density at radius 2 is 0.750 bits per heavy atom. The van der Waals surface area contributed by atoms with Gasteiger partial charge in [-0.1, -0.05) is 269 Å². The normalized spacial score (nSPS) is 13.3. The summed E-state index contributed by atoms with van der Waals surface area (Å²) in [6.45, 7) is 6.51. The van der Waals surface area contributed by atoms with E-state index in [0.717, 1.165) is 64.2 Å². The Balaban J connectivity index is 4.58. The van der Waals surface area contributed by atoms with E-state index in [2.05, 4.69) is 62.5 Å². The Hall–Kier alpha value is -1.92. The molecule has 0 aromatic rings. The predicted molar refractivity (Wildman–Crippen MR) is 296 cm³/mol. The van der Waals surface area contributed by atoms with E-state index in [1.54, 1.807) is 0 Å². The first-order valence-electron chi connectivity index (χ1n) is 30.2. The van der Waals surface area contributed by atoms with Crippen LogP contribution in [0.25, 0.3) is 0 Å². The Bertz CT molecular complexity index is 1120. The fourth-order valence-electron chi connectivity index (χ4n) is 9.36. The van der Waals surface area contributed by atoms with Gasteiger partial charge in [0.2, 0.25) is 5.91 Å². The molecule has 0 radical (unpaired) electrons. The number of aliphatic hydroxyl groups is 2. The van der Waals surface area contributed by atoms with Crippen molar-refractivity contribution < 1.29 is 24.5 Å². The average Bonchev–Trinajstić information content (AvgIpc) is 3.33. The molecule has 0 aliphatic heterocycles. The molecule has 6 nitrogen and oxygen atoms in total. The number of esters is 1. The van der Waals surface area contributed by atoms with Gasteiger partial charge in [0.05, 0.1) is 25.2 Å². The lowest BCUT2D eigenvalue weighted by molar-refractivity contribution is -0.151. The number of hydrogen-bond donors (Lipinski definition) is 3. The minimum Gasteiger partial charge on any atom is -0.462 e. The van der Waals surface area contributed by atoms with Gasteiger partial charge in [0, 0.05) is 6.42 Å². The number of unbranched alkanes of at least 4 members (excludes halogenated alkanes) is 38. The van der Waals surface area contributed by atoms with Gasteiger partial charge in [-0.25, -0.2) is 0 Å². The van der Waals surface area contributed by atoms with Crippen molar-refractivity contribution in [1.82, 2.24) is 5.32 Å². The zero-order chi connectivity index (χ0) is 49.5. The molecule has 0 rings (SSSR count). The number of aliphatic hydroxyl groups excluding tert-OH is 2. The number of amides is 1. The number of nitrogens with one attached hydrogen (secondary N) is 1. The van der Waals surface area contributed by atoms with Crippen LogP contribution in [-0.4, -0.2) is 46.9 Å². The highest BCUT2D eigenvalue weighted by Gasteiger charge is 2.24. The monoisotopic (exact) mass is 956 g/mol. The van der Waals surface area contributed by atoms with Crippen molar-refractivity contribution in [1.29, 1.82) is 0 Å². The molecule has 0 aromatic heterocycles. The van der Waals surface area contributed by atoms with Crippen LogP contribution in [0.4, 0.5) is 0 Å². The van der Waals surface area contributed by atoms with E-state index in [1.807, 2.05) is 0 Å². The zero-order valence-electron chi connectivity index (χ0n) is 45.8. The topological polar surface area (TPSA) is 95.9 Å². The van der Waals surface area contributed by atoms with Gasteiger partial charge in [-0.2, -0.15) is 0 Å². The van der Waals surface area contributed by atoms with E-state index in [4.69, 9.17) is 4.74 Å². The highest BCUT2D eigenvalue weighted by Crippen LogP contribution is 2.19. The highest BCUT2D eigenvalue weighted by atomic mass is 16.5. The molecule has 3 unspecified atom stereocenters. The van der Waals surface area contributed by atoms with Gasteiger partial charge in [0.15, 0.2) is 0 Å². The van der Waals surface area contributed by atoms with E-state index in [0.29, 0.717) is 19.3 Å². The van der Waals surface area contributed by atoms with Crippen molar-refractivity contribution in [3.8, 4) is 0 Å². The first-order chi connectivity index (χ1) is 33.5. The average molecular weight is 957 g/mol. The van der Waals surface area contributed by atoms with E-state index < -0.39 is 18.2 Å². The van der Waals surface area contributed by atoms with Gasteiger partial charge in [0.1, 0.15) is 6.10 Å². The summed E-state index contributed by atoms with van der Waals surface area (Å²) in [7, 11) is 0. The molecule has 0 aliphatic carbocycles. The molecule has 3 N–H and O–H groups in total. The van der Waals surface area contributed by atoms with Crippen molar-refractivity contribution in [2.75, 3.05) is 6.61 Å². The highest BCUT2D eigenvalue weighted by molar-refractivity contribution is 5.77. The van der Waals surface area contributed by atoms with Crippen molar-refractivity contribution in [3.63, 3.8) is 0 Å². The molecule has 0 heterocycles. The molecule has 0 spiro atoms. The zero-order valence-corrected chi connectivity index (χ0v) is 45.8. The van der Waals surface area contributed by atoms with E-state index >= 15 is 0 Å². The summed E-state index contributed by atoms with van der Waals surface area (Å²) < 4.78 is 5.96. The van der Waals surface area contributed by atoms with Crippen LogP contribution in [0.1, 0.15) is 323 Å². The van der Waals surface area contributed by atoms with Gasteiger partial charge in [-0.05, 0) is 77.0 Å². The summed E-state index contributed by atoms with van der Waals surface area (Å²) in [6, 6.07) is -0.708. The molecular formula is C62H117NO5. The minimum atomic E-state index is -0.793. The Labute approximate surface area is 424 Å². The van der Waals surface area contributed by atoms with Crippen LogP contribution in [0.3, 0.4) is 0 Å². The lowest BCUT2D eigenvalue weighted by atomic mass is 10.0. The number of ether oxygens (including phenoxy) is 1. The first-order valence-corrected chi connectivity index (χ1v) is 30.2. The summed E-state index contributed by atoms with van der Waals surface area (Å²) in [6.07, 6.45) is 67.8. The van der Waals surface area contributed by atoms with Crippen LogP contribution in [0, 0.1) is 0 Å². The minimum absolute atomic E-state index is 0.0671. The molecule has 0 aromatic carbocycles. The van der Waals surface area contributed by atoms with Crippen LogP contribution >= 0.6 is 0 Å². The third kappa shape index (κ3) is 50.5. The smallest absolute Gasteiger partial charge is 0.306 e. The van der Waals surface area contributed by atoms with Gasteiger partial charge >= 0.3 is 5.97 Å². The Morgan fingerprint density at radius 3 is 1.13 bits per heavy atom. The standard InChI is InChI=1S/C62H117NO5/c1-4-7-10-13-16-19-22-25-28-31-32-35-38-41-44-47-50-53-58(68-62(67)55-52-49-46-43-40-37-34-30-27-24-21-18-15-12-9-6-3)56-61(66)63-59(57-64)60(65)54-51-48-45-42-39-36-33-29-26-23-20-17-14-11-8-5-2/h25,28,30,34,37,40,58-60,64-65H,4-24,26-27,29,31-33,35-36,38-39,41-57H2,1-3H3,(H,63,66)/b28-25+,34-30+,40-37+. The summed E-state index contributed by atoms with van der Waals surface area (Å²) in [5.74, 6) is -0.493. The Morgan fingerprint density at radius 1 is 0.426 bits per heavy atom. The number of hydrogen-bond acceptors (Lipinski definition) is 5. The van der Waals surface area contributed by atoms with Crippen LogP contribution in [0.2, 0.25) is 0 Å². The van der Waals surface area contributed by atoms with Crippen LogP contribution < -0.4 is 5.32 Å². The van der Waals surface area contributed by atoms with Crippen molar-refractivity contribution >= 4 is 11.9 Å². The molecule has 0 saturated carbocycles. The molecule has 0 aliphatic rings. The molecule has 68 heavy (non-hydrogen) atoms. The fourth-order valence-corrected chi connectivity index (χ4v) is 9.36. The SMILES string of the molecule is CCCCCCCC/C=C/CCCCCCCCCC(CC(=O)NC(CO)C(O)CCCCCCCCCCCCCCCCCC)OC(=O)CCCCC/C=C/C=C/CCCCCCCCC. The van der Waals surface area contributed by atoms with Crippen LogP contribution in [-0.2, 0) is 14.3 Å². The summed E-state index contributed by atoms with van der Waals surface area (Å²) in [4.78, 5) is 26.3. The number of rotatable bonds is 55. The molecular weight excluding hydrogens is 839 g/mol. The van der Waals surface area contributed by atoms with E-state index in [-0.39, 0.29) is 24.9 Å². The molecule has 1 amide bonds. The lowest BCUT2D eigenvalue weighted by Crippen LogP contribution is -2.46. The van der Waals surface area contributed by atoms with Gasteiger partial charge in [-0.3, -0.25) is 9.59 Å². The molecule has 0 fully saturated rings. The third-order valence-corrected chi connectivity index (χ3v) is 14.0. The first kappa shape index (κ1) is 66.1. The predicted octanol–water partition coefficient (Wildman–Crippen LogP) is 18.8. The van der Waals surface area contributed by atoms with Gasteiger partial charge in [0.25, 0.3) is 0 Å². The van der Waals surface area contributed by atoms with Crippen molar-refractivity contribution in [2.45, 2.75) is 341 Å². The fraction of sp³-hybridized carbons (Fsp3) is 0.871. The molecule has 0 saturated heterocycles. The quantitative estimate of drug-likeness (QED) is 0.0244. The lowest BCUT2D eigenvalue weighted by Gasteiger charge is -2.24. The van der Waals surface area contributed by atoms with Crippen LogP contribution in [0.5, 0.6) is 0 Å². The second kappa shape index (κ2) is 56.0. The maximum absolute atomic E-state index is 13.3. The summed E-state index contributed by atoms with van der Waals surface area (Å²) >= 11 is 0. The second-order valence-corrected chi connectivity index (χ2v) is 20.8. The van der Waals surface area contributed by atoms with Crippen LogP contribution in [0.15, 0.2) is 36.5 Å². The Kier molecular flexibility index (Phi) is 54.4. The van der Waals surface area contributed by atoms with E-state index in [9.17, 15) is 19.8 Å². The molecule has 400 valence electrons. The molecule has 6 heteroatoms. The summed E-state index contributed by atoms with van der Waals surface area (Å²) in [5, 5.41) is 23.9. The number of carbonyl (C=O) groups is 2. The van der Waals surface area contributed by atoms with Crippen molar-refractivity contribution in [3.05, 3.63) is 36.5 Å². The number of carbonyl (C=O) groups excluding carboxylic acids is 2. The van der Waals surface area contributed by atoms with Gasteiger partial charge < -0.3 is 20.3 Å².